The Morgan fingerprint density at radius 3 is 2.67 bits per heavy atom. The maximum Gasteiger partial charge on any atom is 0.321 e. The van der Waals surface area contributed by atoms with Crippen molar-refractivity contribution in [1.82, 2.24) is 4.90 Å². The number of carboxylic acid groups (broad SMARTS) is 1. The molecule has 1 aliphatic rings. The second kappa shape index (κ2) is 4.91. The molecule has 0 aromatic carbocycles. The van der Waals surface area contributed by atoms with Crippen molar-refractivity contribution in [2.75, 3.05) is 31.1 Å². The van der Waals surface area contributed by atoms with E-state index in [1.807, 2.05) is 0 Å². The van der Waals surface area contributed by atoms with Gasteiger partial charge < -0.3 is 15.7 Å². The molecule has 0 aromatic rings. The van der Waals surface area contributed by atoms with Crippen LogP contribution in [-0.4, -0.2) is 61.6 Å². The first kappa shape index (κ1) is 12.4. The van der Waals surface area contributed by atoms with Crippen LogP contribution in [0.25, 0.3) is 0 Å². The van der Waals surface area contributed by atoms with Crippen molar-refractivity contribution < 1.29 is 18.3 Å². The molecule has 0 radical (unpaired) electrons. The van der Waals surface area contributed by atoms with Gasteiger partial charge >= 0.3 is 5.97 Å². The quantitative estimate of drug-likeness (QED) is 0.619. The number of aliphatic carboxylic acids is 1. The molecule has 1 rings (SSSR count). The third-order valence-electron chi connectivity index (χ3n) is 2.42. The molecule has 7 heteroatoms. The van der Waals surface area contributed by atoms with E-state index in [1.54, 1.807) is 4.90 Å². The third-order valence-corrected chi connectivity index (χ3v) is 4.14. The zero-order chi connectivity index (χ0) is 11.5. The van der Waals surface area contributed by atoms with Gasteiger partial charge in [-0.3, -0.25) is 4.79 Å². The van der Waals surface area contributed by atoms with Crippen molar-refractivity contribution in [3.8, 4) is 0 Å². The van der Waals surface area contributed by atoms with E-state index < -0.39 is 21.8 Å². The van der Waals surface area contributed by atoms with Crippen LogP contribution in [0.2, 0.25) is 0 Å². The molecule has 0 aliphatic carbocycles. The predicted octanol–water partition coefficient (Wildman–Crippen LogP) is -1.48. The summed E-state index contributed by atoms with van der Waals surface area (Å²) in [5, 5.41) is 8.62. The van der Waals surface area contributed by atoms with Crippen LogP contribution in [0, 0.1) is 0 Å². The number of carboxylic acids is 1. The fourth-order valence-electron chi connectivity index (χ4n) is 1.53. The molecule has 0 amide bonds. The molecule has 1 heterocycles. The smallest absolute Gasteiger partial charge is 0.321 e. The lowest BCUT2D eigenvalue weighted by Crippen LogP contribution is -2.43. The van der Waals surface area contributed by atoms with Gasteiger partial charge in [0.05, 0.1) is 11.5 Å². The first-order valence-electron chi connectivity index (χ1n) is 4.82. The number of carbonyl (C=O) groups is 1. The fourth-order valence-corrected chi connectivity index (χ4v) is 2.84. The van der Waals surface area contributed by atoms with E-state index in [4.69, 9.17) is 10.8 Å². The van der Waals surface area contributed by atoms with E-state index >= 15 is 0 Å². The minimum absolute atomic E-state index is 0.0966. The molecule has 3 N–H and O–H groups in total. The van der Waals surface area contributed by atoms with E-state index in [2.05, 4.69) is 0 Å². The maximum absolute atomic E-state index is 11.3. The number of hydrogen-bond donors (Lipinski definition) is 2. The molecular weight excluding hydrogens is 220 g/mol. The average Bonchev–Trinajstić information content (AvgIpc) is 2.28. The van der Waals surface area contributed by atoms with Crippen LogP contribution in [0.15, 0.2) is 0 Å². The molecule has 88 valence electrons. The minimum Gasteiger partial charge on any atom is -0.480 e. The largest absolute Gasteiger partial charge is 0.480 e. The molecule has 0 bridgehead atoms. The van der Waals surface area contributed by atoms with Crippen LogP contribution in [0.3, 0.4) is 0 Å². The zero-order valence-electron chi connectivity index (χ0n) is 8.42. The first-order valence-corrected chi connectivity index (χ1v) is 6.64. The Morgan fingerprint density at radius 2 is 2.07 bits per heavy atom. The van der Waals surface area contributed by atoms with Crippen molar-refractivity contribution >= 4 is 15.8 Å². The van der Waals surface area contributed by atoms with Gasteiger partial charge in [-0.2, -0.15) is 0 Å². The third kappa shape index (κ3) is 4.15. The number of nitrogens with two attached hydrogens (primary N) is 1. The SMILES string of the molecule is NC(CN1CCCS(=O)(=O)CC1)C(=O)O. The molecule has 0 spiro atoms. The van der Waals surface area contributed by atoms with Gasteiger partial charge in [0, 0.05) is 13.1 Å². The van der Waals surface area contributed by atoms with Gasteiger partial charge in [0.15, 0.2) is 9.84 Å². The van der Waals surface area contributed by atoms with Crippen molar-refractivity contribution in [1.29, 1.82) is 0 Å². The lowest BCUT2D eigenvalue weighted by atomic mass is 10.3. The Bertz CT molecular complexity index is 328. The first-order chi connectivity index (χ1) is 6.91. The van der Waals surface area contributed by atoms with E-state index in [9.17, 15) is 13.2 Å². The summed E-state index contributed by atoms with van der Waals surface area (Å²) in [7, 11) is -2.94. The topological polar surface area (TPSA) is 101 Å². The van der Waals surface area contributed by atoms with E-state index in [0.29, 0.717) is 19.5 Å². The second-order valence-electron chi connectivity index (χ2n) is 3.75. The number of nitrogens with zero attached hydrogens (tertiary/aromatic N) is 1. The summed E-state index contributed by atoms with van der Waals surface area (Å²) < 4.78 is 22.5. The summed E-state index contributed by atoms with van der Waals surface area (Å²) in [5.41, 5.74) is 5.38. The minimum atomic E-state index is -2.94. The zero-order valence-corrected chi connectivity index (χ0v) is 9.24. The van der Waals surface area contributed by atoms with E-state index in [-0.39, 0.29) is 18.1 Å². The number of rotatable bonds is 3. The number of hydrogen-bond acceptors (Lipinski definition) is 5. The summed E-state index contributed by atoms with van der Waals surface area (Å²) in [6, 6.07) is -0.939. The average molecular weight is 236 g/mol. The molecule has 6 nitrogen and oxygen atoms in total. The Labute approximate surface area is 89.0 Å². The second-order valence-corrected chi connectivity index (χ2v) is 6.05. The molecule has 0 aromatic heterocycles. The molecule has 15 heavy (non-hydrogen) atoms. The van der Waals surface area contributed by atoms with Gasteiger partial charge in [-0.05, 0) is 13.0 Å². The van der Waals surface area contributed by atoms with Crippen LogP contribution in [0.5, 0.6) is 0 Å². The van der Waals surface area contributed by atoms with Crippen LogP contribution in [-0.2, 0) is 14.6 Å². The molecule has 1 fully saturated rings. The Morgan fingerprint density at radius 1 is 1.40 bits per heavy atom. The van der Waals surface area contributed by atoms with Gasteiger partial charge in [-0.25, -0.2) is 8.42 Å². The highest BCUT2D eigenvalue weighted by Gasteiger charge is 2.22. The Balaban J connectivity index is 2.48. The highest BCUT2D eigenvalue weighted by atomic mass is 32.2. The molecule has 1 unspecified atom stereocenters. The monoisotopic (exact) mass is 236 g/mol. The van der Waals surface area contributed by atoms with Crippen LogP contribution >= 0.6 is 0 Å². The van der Waals surface area contributed by atoms with Crippen molar-refractivity contribution in [2.24, 2.45) is 5.73 Å². The van der Waals surface area contributed by atoms with Gasteiger partial charge in [-0.15, -0.1) is 0 Å². The highest BCUT2D eigenvalue weighted by molar-refractivity contribution is 7.91. The lowest BCUT2D eigenvalue weighted by molar-refractivity contribution is -0.138. The normalized spacial score (nSPS) is 24.3. The predicted molar refractivity (Wildman–Crippen MR) is 55.3 cm³/mol. The van der Waals surface area contributed by atoms with E-state index in [0.717, 1.165) is 0 Å². The highest BCUT2D eigenvalue weighted by Crippen LogP contribution is 2.05. The summed E-state index contributed by atoms with van der Waals surface area (Å²) in [4.78, 5) is 12.3. The fraction of sp³-hybridized carbons (Fsp3) is 0.875. The summed E-state index contributed by atoms with van der Waals surface area (Å²) in [6.07, 6.45) is 0.550. The van der Waals surface area contributed by atoms with Crippen molar-refractivity contribution in [3.63, 3.8) is 0 Å². The summed E-state index contributed by atoms with van der Waals surface area (Å²) >= 11 is 0. The molecular formula is C8H16N2O4S. The van der Waals surface area contributed by atoms with Gasteiger partial charge in [0.1, 0.15) is 6.04 Å². The molecule has 1 atom stereocenters. The van der Waals surface area contributed by atoms with Gasteiger partial charge in [0.25, 0.3) is 0 Å². The molecule has 1 aliphatic heterocycles. The molecule has 1 saturated heterocycles. The van der Waals surface area contributed by atoms with Crippen LogP contribution < -0.4 is 5.73 Å². The lowest BCUT2D eigenvalue weighted by Gasteiger charge is -2.20. The van der Waals surface area contributed by atoms with Gasteiger partial charge in [0.2, 0.25) is 0 Å². The van der Waals surface area contributed by atoms with E-state index in [1.165, 1.54) is 0 Å². The summed E-state index contributed by atoms with van der Waals surface area (Å²) in [5.74, 6) is -0.771. The number of sulfone groups is 1. The summed E-state index contributed by atoms with van der Waals surface area (Å²) in [6.45, 7) is 1.19. The van der Waals surface area contributed by atoms with Crippen molar-refractivity contribution in [2.45, 2.75) is 12.5 Å². The van der Waals surface area contributed by atoms with Crippen LogP contribution in [0.4, 0.5) is 0 Å². The van der Waals surface area contributed by atoms with Crippen LogP contribution in [0.1, 0.15) is 6.42 Å². The Hall–Kier alpha value is -0.660. The molecule has 0 saturated carbocycles. The maximum atomic E-state index is 11.3. The standard InChI is InChI=1S/C8H16N2O4S/c9-7(8(11)12)6-10-2-1-4-15(13,14)5-3-10/h7H,1-6,9H2,(H,11,12). The van der Waals surface area contributed by atoms with Crippen molar-refractivity contribution in [3.05, 3.63) is 0 Å². The Kier molecular flexibility index (Phi) is 4.06. The van der Waals surface area contributed by atoms with Gasteiger partial charge in [-0.1, -0.05) is 0 Å².